The molecule has 1 N–H and O–H groups in total. The standard InChI is InChI=1S/C24H29N7O/c1-17-16-30(14-8-7-13-24(2,3)4)23(32)31(17)18-11-12-21(25-15-18)19-9-5-6-10-20(19)22-26-28-29-27-22/h5-6,9-12,15-16H,7-8,13-14H2,1-4H3,(H,26,27,28,29). The zero-order valence-electron chi connectivity index (χ0n) is 19.0. The van der Waals surface area contributed by atoms with Gasteiger partial charge in [-0.2, -0.15) is 0 Å². The summed E-state index contributed by atoms with van der Waals surface area (Å²) in [6.45, 7) is 9.42. The van der Waals surface area contributed by atoms with Gasteiger partial charge in [-0.15, -0.1) is 5.10 Å². The number of tetrazole rings is 1. The maximum Gasteiger partial charge on any atom is 0.332 e. The largest absolute Gasteiger partial charge is 0.332 e. The van der Waals surface area contributed by atoms with E-state index in [2.05, 4.69) is 46.4 Å². The summed E-state index contributed by atoms with van der Waals surface area (Å²) in [6.07, 6.45) is 6.92. The number of benzene rings is 1. The molecule has 3 aromatic heterocycles. The molecule has 0 spiro atoms. The molecule has 0 atom stereocenters. The predicted octanol–water partition coefficient (Wildman–Crippen LogP) is 4.41. The van der Waals surface area contributed by atoms with Crippen LogP contribution >= 0.6 is 0 Å². The topological polar surface area (TPSA) is 94.3 Å². The summed E-state index contributed by atoms with van der Waals surface area (Å²) in [6, 6.07) is 11.7. The number of nitrogens with one attached hydrogen (secondary N) is 1. The quantitative estimate of drug-likeness (QED) is 0.438. The molecule has 0 saturated carbocycles. The molecule has 0 bridgehead atoms. The van der Waals surface area contributed by atoms with E-state index in [0.29, 0.717) is 11.2 Å². The van der Waals surface area contributed by atoms with E-state index in [4.69, 9.17) is 0 Å². The van der Waals surface area contributed by atoms with Crippen LogP contribution in [0.2, 0.25) is 0 Å². The van der Waals surface area contributed by atoms with Gasteiger partial charge >= 0.3 is 5.69 Å². The molecule has 166 valence electrons. The normalized spacial score (nSPS) is 11.8. The second-order valence-corrected chi connectivity index (χ2v) is 9.30. The van der Waals surface area contributed by atoms with Crippen molar-refractivity contribution in [2.45, 2.75) is 53.5 Å². The first-order valence-corrected chi connectivity index (χ1v) is 10.9. The van der Waals surface area contributed by atoms with Crippen molar-refractivity contribution in [3.05, 3.63) is 65.0 Å². The summed E-state index contributed by atoms with van der Waals surface area (Å²) in [4.78, 5) is 17.7. The molecule has 4 rings (SSSR count). The molecule has 8 heteroatoms. The number of pyridine rings is 1. The zero-order chi connectivity index (χ0) is 22.7. The van der Waals surface area contributed by atoms with E-state index in [1.807, 2.05) is 49.5 Å². The molecule has 0 aliphatic carbocycles. The Kier molecular flexibility index (Phi) is 6.03. The van der Waals surface area contributed by atoms with Crippen LogP contribution in [0.25, 0.3) is 28.3 Å². The minimum atomic E-state index is -0.0269. The Morgan fingerprint density at radius 2 is 1.81 bits per heavy atom. The summed E-state index contributed by atoms with van der Waals surface area (Å²) in [5.41, 5.74) is 4.51. The maximum absolute atomic E-state index is 13.0. The molecule has 32 heavy (non-hydrogen) atoms. The zero-order valence-corrected chi connectivity index (χ0v) is 19.0. The monoisotopic (exact) mass is 431 g/mol. The van der Waals surface area contributed by atoms with Crippen LogP contribution in [-0.4, -0.2) is 34.7 Å². The van der Waals surface area contributed by atoms with Crippen molar-refractivity contribution >= 4 is 0 Å². The molecule has 1 aromatic carbocycles. The highest BCUT2D eigenvalue weighted by atomic mass is 16.1. The molecular formula is C24H29N7O. The van der Waals surface area contributed by atoms with Crippen molar-refractivity contribution in [2.75, 3.05) is 0 Å². The molecule has 0 aliphatic heterocycles. The van der Waals surface area contributed by atoms with Crippen molar-refractivity contribution < 1.29 is 0 Å². The maximum atomic E-state index is 13.0. The predicted molar refractivity (Wildman–Crippen MR) is 124 cm³/mol. The van der Waals surface area contributed by atoms with Gasteiger partial charge in [0.25, 0.3) is 0 Å². The van der Waals surface area contributed by atoms with Gasteiger partial charge < -0.3 is 0 Å². The minimum absolute atomic E-state index is 0.0269. The van der Waals surface area contributed by atoms with Gasteiger partial charge in [0, 0.05) is 29.6 Å². The third-order valence-electron chi connectivity index (χ3n) is 5.52. The first kappa shape index (κ1) is 21.7. The van der Waals surface area contributed by atoms with Gasteiger partial charge in [0.1, 0.15) is 0 Å². The van der Waals surface area contributed by atoms with Gasteiger partial charge in [-0.3, -0.25) is 14.1 Å². The number of hydrogen-bond acceptors (Lipinski definition) is 5. The third kappa shape index (κ3) is 4.69. The Balaban J connectivity index is 1.56. The minimum Gasteiger partial charge on any atom is -0.299 e. The van der Waals surface area contributed by atoms with Crippen LogP contribution in [0.3, 0.4) is 0 Å². The Morgan fingerprint density at radius 3 is 2.47 bits per heavy atom. The van der Waals surface area contributed by atoms with Crippen molar-refractivity contribution in [3.63, 3.8) is 0 Å². The Labute approximate surface area is 187 Å². The van der Waals surface area contributed by atoms with Crippen LogP contribution < -0.4 is 5.69 Å². The van der Waals surface area contributed by atoms with Crippen molar-refractivity contribution in [2.24, 2.45) is 5.41 Å². The van der Waals surface area contributed by atoms with Gasteiger partial charge in [-0.25, -0.2) is 9.89 Å². The number of H-pyrrole nitrogens is 1. The second kappa shape index (κ2) is 8.90. The van der Waals surface area contributed by atoms with Crippen molar-refractivity contribution in [1.82, 2.24) is 34.7 Å². The van der Waals surface area contributed by atoms with Gasteiger partial charge in [-0.1, -0.05) is 51.5 Å². The lowest BCUT2D eigenvalue weighted by Gasteiger charge is -2.17. The Hall–Kier alpha value is -3.55. The summed E-state index contributed by atoms with van der Waals surface area (Å²) >= 11 is 0. The fraction of sp³-hybridized carbons (Fsp3) is 0.375. The number of rotatable bonds is 7. The molecule has 0 radical (unpaired) electrons. The molecule has 3 heterocycles. The first-order valence-electron chi connectivity index (χ1n) is 10.9. The van der Waals surface area contributed by atoms with Gasteiger partial charge in [0.05, 0.1) is 17.6 Å². The van der Waals surface area contributed by atoms with E-state index in [0.717, 1.165) is 54.0 Å². The number of aryl methyl sites for hydroxylation is 2. The fourth-order valence-electron chi connectivity index (χ4n) is 3.89. The number of hydrogen-bond donors (Lipinski definition) is 1. The van der Waals surface area contributed by atoms with Crippen LogP contribution in [0.4, 0.5) is 0 Å². The molecule has 0 unspecified atom stereocenters. The lowest BCUT2D eigenvalue weighted by Crippen LogP contribution is -2.23. The van der Waals surface area contributed by atoms with E-state index in [9.17, 15) is 4.79 Å². The molecule has 0 amide bonds. The molecule has 0 aliphatic rings. The number of aromatic nitrogens is 7. The highest BCUT2D eigenvalue weighted by Gasteiger charge is 2.14. The number of aromatic amines is 1. The van der Waals surface area contributed by atoms with Gasteiger partial charge in [-0.05, 0) is 47.7 Å². The highest BCUT2D eigenvalue weighted by Crippen LogP contribution is 2.28. The van der Waals surface area contributed by atoms with Crippen LogP contribution in [0, 0.1) is 12.3 Å². The van der Waals surface area contributed by atoms with Gasteiger partial charge in [0.15, 0.2) is 5.82 Å². The van der Waals surface area contributed by atoms with E-state index < -0.39 is 0 Å². The van der Waals surface area contributed by atoms with Crippen molar-refractivity contribution in [1.29, 1.82) is 0 Å². The molecule has 0 fully saturated rings. The first-order chi connectivity index (χ1) is 15.3. The van der Waals surface area contributed by atoms with E-state index >= 15 is 0 Å². The molecule has 8 nitrogen and oxygen atoms in total. The Bertz CT molecular complexity index is 1230. The van der Waals surface area contributed by atoms with Crippen LogP contribution in [0.15, 0.2) is 53.6 Å². The number of nitrogens with zero attached hydrogens (tertiary/aromatic N) is 6. The van der Waals surface area contributed by atoms with Gasteiger partial charge in [0.2, 0.25) is 0 Å². The van der Waals surface area contributed by atoms with E-state index in [1.165, 1.54) is 0 Å². The summed E-state index contributed by atoms with van der Waals surface area (Å²) < 4.78 is 3.52. The van der Waals surface area contributed by atoms with Crippen LogP contribution in [0.1, 0.15) is 45.7 Å². The lowest BCUT2D eigenvalue weighted by molar-refractivity contribution is 0.354. The summed E-state index contributed by atoms with van der Waals surface area (Å²) in [5.74, 6) is 0.585. The smallest absolute Gasteiger partial charge is 0.299 e. The van der Waals surface area contributed by atoms with E-state index in [-0.39, 0.29) is 5.69 Å². The molecule has 4 aromatic rings. The fourth-order valence-corrected chi connectivity index (χ4v) is 3.89. The van der Waals surface area contributed by atoms with Crippen LogP contribution in [-0.2, 0) is 6.54 Å². The SMILES string of the molecule is Cc1cn(CCCCC(C)(C)C)c(=O)n1-c1ccc(-c2ccccc2-c2nnn[nH]2)nc1. The second-order valence-electron chi connectivity index (χ2n) is 9.30. The third-order valence-corrected chi connectivity index (χ3v) is 5.52. The number of imidazole rings is 1. The average molecular weight is 432 g/mol. The summed E-state index contributed by atoms with van der Waals surface area (Å²) in [7, 11) is 0. The highest BCUT2D eigenvalue weighted by molar-refractivity contribution is 5.78. The lowest BCUT2D eigenvalue weighted by atomic mass is 9.90. The molecular weight excluding hydrogens is 402 g/mol. The van der Waals surface area contributed by atoms with Crippen LogP contribution in [0.5, 0.6) is 0 Å². The molecule has 0 saturated heterocycles. The summed E-state index contributed by atoms with van der Waals surface area (Å²) in [5, 5.41) is 14.1. The number of unbranched alkanes of at least 4 members (excludes halogenated alkanes) is 1. The average Bonchev–Trinajstić information content (AvgIpc) is 3.39. The Morgan fingerprint density at radius 1 is 1.03 bits per heavy atom. The van der Waals surface area contributed by atoms with E-state index in [1.54, 1.807) is 15.3 Å². The van der Waals surface area contributed by atoms with Crippen molar-refractivity contribution in [3.8, 4) is 28.3 Å².